The van der Waals surface area contributed by atoms with Crippen molar-refractivity contribution in [2.24, 2.45) is 0 Å². The molecule has 0 aliphatic heterocycles. The number of aromatic nitrogens is 3. The molecule has 0 unspecified atom stereocenters. The first kappa shape index (κ1) is 12.8. The van der Waals surface area contributed by atoms with Crippen LogP contribution < -0.4 is 0 Å². The van der Waals surface area contributed by atoms with Crippen LogP contribution in [-0.2, 0) is 6.54 Å². The number of nitrogens with zero attached hydrogens (tertiary/aromatic N) is 3. The van der Waals surface area contributed by atoms with Crippen molar-refractivity contribution in [3.05, 3.63) is 72.1 Å². The summed E-state index contributed by atoms with van der Waals surface area (Å²) >= 11 is 0. The molecule has 0 aliphatic rings. The zero-order chi connectivity index (χ0) is 14.9. The minimum absolute atomic E-state index is 0.545. The van der Waals surface area contributed by atoms with Gasteiger partial charge < -0.3 is 8.98 Å². The molecule has 0 atom stereocenters. The van der Waals surface area contributed by atoms with Crippen LogP contribution in [-0.4, -0.2) is 14.8 Å². The lowest BCUT2D eigenvalue weighted by Gasteiger charge is -2.09. The molecule has 0 radical (unpaired) electrons. The number of fused-ring (bicyclic) bond motifs is 1. The smallest absolute Gasteiger partial charge is 0.264 e. The van der Waals surface area contributed by atoms with Crippen LogP contribution in [0.5, 0.6) is 0 Å². The molecule has 2 heterocycles. The minimum atomic E-state index is 0.545. The van der Waals surface area contributed by atoms with Gasteiger partial charge in [0, 0.05) is 17.4 Å². The number of para-hydroxylation sites is 1. The SMILES string of the molecule is Cc1ccc(Cn2c(-c3nnco3)cc3ccccc32)cc1. The standard InChI is InChI=1S/C18H15N3O/c1-13-6-8-14(9-7-13)11-21-16-5-3-2-4-15(16)10-17(21)18-20-19-12-22-18/h2-10,12H,11H2,1H3. The summed E-state index contributed by atoms with van der Waals surface area (Å²) in [4.78, 5) is 0. The van der Waals surface area contributed by atoms with Gasteiger partial charge in [-0.05, 0) is 24.6 Å². The molecule has 0 amide bonds. The van der Waals surface area contributed by atoms with E-state index >= 15 is 0 Å². The van der Waals surface area contributed by atoms with E-state index in [0.717, 1.165) is 17.8 Å². The molecule has 0 N–H and O–H groups in total. The minimum Gasteiger partial charge on any atom is -0.422 e. The Balaban J connectivity index is 1.87. The Hall–Kier alpha value is -2.88. The fourth-order valence-corrected chi connectivity index (χ4v) is 2.72. The van der Waals surface area contributed by atoms with Crippen molar-refractivity contribution in [2.45, 2.75) is 13.5 Å². The highest BCUT2D eigenvalue weighted by Crippen LogP contribution is 2.27. The van der Waals surface area contributed by atoms with E-state index in [0.29, 0.717) is 5.89 Å². The first-order chi connectivity index (χ1) is 10.8. The van der Waals surface area contributed by atoms with E-state index in [4.69, 9.17) is 4.42 Å². The van der Waals surface area contributed by atoms with Crippen LogP contribution in [0.1, 0.15) is 11.1 Å². The summed E-state index contributed by atoms with van der Waals surface area (Å²) in [6.45, 7) is 2.87. The molecule has 0 aliphatic carbocycles. The van der Waals surface area contributed by atoms with E-state index in [1.807, 2.05) is 12.1 Å². The predicted octanol–water partition coefficient (Wildman–Crippen LogP) is 4.05. The molecule has 0 saturated carbocycles. The number of aryl methyl sites for hydroxylation is 1. The van der Waals surface area contributed by atoms with Crippen molar-refractivity contribution in [1.82, 2.24) is 14.8 Å². The van der Waals surface area contributed by atoms with E-state index in [9.17, 15) is 0 Å². The number of hydrogen-bond acceptors (Lipinski definition) is 3. The van der Waals surface area contributed by atoms with Crippen molar-refractivity contribution in [2.75, 3.05) is 0 Å². The zero-order valence-corrected chi connectivity index (χ0v) is 12.2. The van der Waals surface area contributed by atoms with Gasteiger partial charge in [-0.3, -0.25) is 0 Å². The second-order valence-electron chi connectivity index (χ2n) is 5.40. The quantitative estimate of drug-likeness (QED) is 0.571. The van der Waals surface area contributed by atoms with Crippen molar-refractivity contribution >= 4 is 10.9 Å². The Morgan fingerprint density at radius 2 is 1.86 bits per heavy atom. The summed E-state index contributed by atoms with van der Waals surface area (Å²) in [6.07, 6.45) is 1.36. The fraction of sp³-hybridized carbons (Fsp3) is 0.111. The highest BCUT2D eigenvalue weighted by atomic mass is 16.4. The molecule has 0 bridgehead atoms. The van der Waals surface area contributed by atoms with Gasteiger partial charge in [-0.1, -0.05) is 48.0 Å². The molecule has 2 aromatic heterocycles. The highest BCUT2D eigenvalue weighted by molar-refractivity contribution is 5.85. The van der Waals surface area contributed by atoms with Gasteiger partial charge in [0.05, 0.1) is 0 Å². The van der Waals surface area contributed by atoms with Gasteiger partial charge in [0.15, 0.2) is 0 Å². The van der Waals surface area contributed by atoms with Crippen molar-refractivity contribution in [1.29, 1.82) is 0 Å². The van der Waals surface area contributed by atoms with Gasteiger partial charge in [-0.25, -0.2) is 0 Å². The van der Waals surface area contributed by atoms with Crippen LogP contribution in [0.15, 0.2) is 65.4 Å². The lowest BCUT2D eigenvalue weighted by atomic mass is 10.1. The Labute approximate surface area is 128 Å². The lowest BCUT2D eigenvalue weighted by molar-refractivity contribution is 0.562. The van der Waals surface area contributed by atoms with E-state index in [1.54, 1.807) is 0 Å². The van der Waals surface area contributed by atoms with Gasteiger partial charge in [0.1, 0.15) is 5.69 Å². The molecule has 4 aromatic rings. The molecule has 4 heteroatoms. The van der Waals surface area contributed by atoms with E-state index in [1.165, 1.54) is 22.9 Å². The molecule has 0 spiro atoms. The highest BCUT2D eigenvalue weighted by Gasteiger charge is 2.14. The number of benzene rings is 2. The topological polar surface area (TPSA) is 43.9 Å². The predicted molar refractivity (Wildman–Crippen MR) is 85.5 cm³/mol. The summed E-state index contributed by atoms with van der Waals surface area (Å²) in [7, 11) is 0. The maximum Gasteiger partial charge on any atom is 0.264 e. The number of rotatable bonds is 3. The normalized spacial score (nSPS) is 11.1. The Bertz CT molecular complexity index is 905. The summed E-state index contributed by atoms with van der Waals surface area (Å²) in [5.41, 5.74) is 4.61. The van der Waals surface area contributed by atoms with Gasteiger partial charge in [0.25, 0.3) is 5.89 Å². The van der Waals surface area contributed by atoms with E-state index < -0.39 is 0 Å². The molecule has 0 fully saturated rings. The maximum atomic E-state index is 5.40. The summed E-state index contributed by atoms with van der Waals surface area (Å²) < 4.78 is 7.62. The van der Waals surface area contributed by atoms with Gasteiger partial charge in [-0.2, -0.15) is 0 Å². The Morgan fingerprint density at radius 1 is 1.05 bits per heavy atom. The molecule has 0 saturated heterocycles. The van der Waals surface area contributed by atoms with Crippen LogP contribution in [0.2, 0.25) is 0 Å². The average molecular weight is 289 g/mol. The molecule has 4 rings (SSSR count). The average Bonchev–Trinajstić information content (AvgIpc) is 3.18. The molecule has 2 aromatic carbocycles. The van der Waals surface area contributed by atoms with E-state index in [2.05, 4.69) is 64.2 Å². The zero-order valence-electron chi connectivity index (χ0n) is 12.2. The van der Waals surface area contributed by atoms with Gasteiger partial charge in [-0.15, -0.1) is 10.2 Å². The molecule has 4 nitrogen and oxygen atoms in total. The molecular formula is C18H15N3O. The monoisotopic (exact) mass is 289 g/mol. The fourth-order valence-electron chi connectivity index (χ4n) is 2.72. The maximum absolute atomic E-state index is 5.40. The van der Waals surface area contributed by atoms with Crippen molar-refractivity contribution < 1.29 is 4.42 Å². The molecular weight excluding hydrogens is 274 g/mol. The van der Waals surface area contributed by atoms with Crippen molar-refractivity contribution in [3.63, 3.8) is 0 Å². The van der Waals surface area contributed by atoms with Crippen molar-refractivity contribution in [3.8, 4) is 11.6 Å². The van der Waals surface area contributed by atoms with Crippen LogP contribution in [0.25, 0.3) is 22.5 Å². The van der Waals surface area contributed by atoms with Crippen LogP contribution in [0.4, 0.5) is 0 Å². The first-order valence-electron chi connectivity index (χ1n) is 7.21. The van der Waals surface area contributed by atoms with Gasteiger partial charge >= 0.3 is 0 Å². The number of hydrogen-bond donors (Lipinski definition) is 0. The summed E-state index contributed by atoms with van der Waals surface area (Å²) in [5, 5.41) is 9.03. The van der Waals surface area contributed by atoms with Crippen LogP contribution >= 0.6 is 0 Å². The largest absolute Gasteiger partial charge is 0.422 e. The summed E-state index contributed by atoms with van der Waals surface area (Å²) in [5.74, 6) is 0.545. The lowest BCUT2D eigenvalue weighted by Crippen LogP contribution is -2.01. The van der Waals surface area contributed by atoms with Crippen LogP contribution in [0.3, 0.4) is 0 Å². The van der Waals surface area contributed by atoms with Crippen LogP contribution in [0, 0.1) is 6.92 Å². The molecule has 22 heavy (non-hydrogen) atoms. The third kappa shape index (κ3) is 2.19. The summed E-state index contributed by atoms with van der Waals surface area (Å²) in [6, 6.07) is 19.0. The Morgan fingerprint density at radius 3 is 2.64 bits per heavy atom. The molecule has 108 valence electrons. The van der Waals surface area contributed by atoms with Gasteiger partial charge in [0.2, 0.25) is 6.39 Å². The third-order valence-corrected chi connectivity index (χ3v) is 3.85. The first-order valence-corrected chi connectivity index (χ1v) is 7.21. The second kappa shape index (κ2) is 5.15. The third-order valence-electron chi connectivity index (χ3n) is 3.85. The second-order valence-corrected chi connectivity index (χ2v) is 5.40. The Kier molecular flexibility index (Phi) is 3.00. The van der Waals surface area contributed by atoms with E-state index in [-0.39, 0.29) is 0 Å².